The first-order chi connectivity index (χ1) is 12.7. The van der Waals surface area contributed by atoms with E-state index in [2.05, 4.69) is 30.6 Å². The molecule has 0 atom stereocenters. The summed E-state index contributed by atoms with van der Waals surface area (Å²) in [6, 6.07) is 7.63. The number of carbonyl (C=O) groups is 2. The first kappa shape index (κ1) is 16.3. The van der Waals surface area contributed by atoms with Gasteiger partial charge in [-0.15, -0.1) is 0 Å². The number of benzene rings is 1. The number of amides is 2. The molecule has 4 N–H and O–H groups in total. The van der Waals surface area contributed by atoms with Crippen molar-refractivity contribution >= 4 is 28.8 Å². The second-order valence-corrected chi connectivity index (χ2v) is 6.49. The van der Waals surface area contributed by atoms with Crippen LogP contribution in [0.2, 0.25) is 0 Å². The lowest BCUT2D eigenvalue weighted by Crippen LogP contribution is -2.37. The topological polar surface area (TPSA) is 116 Å². The highest BCUT2D eigenvalue weighted by molar-refractivity contribution is 6.09. The summed E-state index contributed by atoms with van der Waals surface area (Å²) in [5, 5.41) is 5.65. The van der Waals surface area contributed by atoms with E-state index in [1.54, 1.807) is 0 Å². The molecule has 1 aromatic carbocycles. The van der Waals surface area contributed by atoms with Crippen LogP contribution in [0.5, 0.6) is 0 Å². The molecule has 0 bridgehead atoms. The average molecular weight is 352 g/mol. The number of carbonyl (C=O) groups excluding carboxylic acids is 2. The Balaban J connectivity index is 1.48. The minimum atomic E-state index is -0.487. The van der Waals surface area contributed by atoms with E-state index in [-0.39, 0.29) is 23.3 Å². The largest absolute Gasteiger partial charge is 0.348 e. The maximum absolute atomic E-state index is 12.5. The van der Waals surface area contributed by atoms with Gasteiger partial charge in [-0.25, -0.2) is 9.97 Å². The molecule has 2 heterocycles. The van der Waals surface area contributed by atoms with Gasteiger partial charge >= 0.3 is 0 Å². The van der Waals surface area contributed by atoms with Gasteiger partial charge in [0.25, 0.3) is 11.8 Å². The Morgan fingerprint density at radius 1 is 1.08 bits per heavy atom. The number of hydrogen-bond acceptors (Lipinski definition) is 4. The molecule has 2 amide bonds. The van der Waals surface area contributed by atoms with Crippen LogP contribution in [0.4, 0.5) is 5.95 Å². The lowest BCUT2D eigenvalue weighted by Gasteiger charge is -2.22. The minimum Gasteiger partial charge on any atom is -0.348 e. The predicted octanol–water partition coefficient (Wildman–Crippen LogP) is 2.60. The third-order valence-corrected chi connectivity index (χ3v) is 4.64. The smallest absolute Gasteiger partial charge is 0.279 e. The zero-order valence-corrected chi connectivity index (χ0v) is 14.2. The molecule has 0 aliphatic heterocycles. The molecular formula is C18H20N6O2. The molecule has 0 saturated heterocycles. The first-order valence-corrected chi connectivity index (χ1v) is 8.81. The fourth-order valence-electron chi connectivity index (χ4n) is 3.32. The van der Waals surface area contributed by atoms with Crippen molar-refractivity contribution in [1.82, 2.24) is 25.3 Å². The Bertz CT molecular complexity index is 905. The molecule has 0 radical (unpaired) electrons. The molecule has 1 saturated carbocycles. The molecule has 4 rings (SSSR count). The van der Waals surface area contributed by atoms with Crippen molar-refractivity contribution < 1.29 is 9.59 Å². The zero-order valence-electron chi connectivity index (χ0n) is 14.2. The van der Waals surface area contributed by atoms with E-state index >= 15 is 0 Å². The van der Waals surface area contributed by atoms with Crippen LogP contribution in [0.3, 0.4) is 0 Å². The molecular weight excluding hydrogens is 332 g/mol. The number of aromatic nitrogens is 4. The number of para-hydroxylation sites is 2. The van der Waals surface area contributed by atoms with E-state index in [1.165, 1.54) is 12.7 Å². The number of nitrogens with one attached hydrogen (secondary N) is 4. The van der Waals surface area contributed by atoms with Crippen molar-refractivity contribution in [2.75, 3.05) is 5.32 Å². The van der Waals surface area contributed by atoms with Crippen LogP contribution in [0.15, 0.2) is 30.6 Å². The van der Waals surface area contributed by atoms with E-state index in [9.17, 15) is 9.59 Å². The Kier molecular flexibility index (Phi) is 4.39. The number of nitrogens with zero attached hydrogens (tertiary/aromatic N) is 2. The van der Waals surface area contributed by atoms with Gasteiger partial charge in [0.05, 0.1) is 17.4 Å². The van der Waals surface area contributed by atoms with Gasteiger partial charge in [0.1, 0.15) is 5.69 Å². The number of hydrogen-bond donors (Lipinski definition) is 4. The van der Waals surface area contributed by atoms with E-state index < -0.39 is 5.91 Å². The summed E-state index contributed by atoms with van der Waals surface area (Å²) in [6.45, 7) is 0. The maximum Gasteiger partial charge on any atom is 0.279 e. The summed E-state index contributed by atoms with van der Waals surface area (Å²) in [4.78, 5) is 39.2. The van der Waals surface area contributed by atoms with Crippen molar-refractivity contribution in [3.63, 3.8) is 0 Å². The van der Waals surface area contributed by atoms with Gasteiger partial charge in [-0.05, 0) is 25.0 Å². The van der Waals surface area contributed by atoms with Gasteiger partial charge in [-0.2, -0.15) is 0 Å². The van der Waals surface area contributed by atoms with Crippen LogP contribution >= 0.6 is 0 Å². The van der Waals surface area contributed by atoms with Crippen LogP contribution < -0.4 is 10.6 Å². The fraction of sp³-hybridized carbons (Fsp3) is 0.333. The number of anilines is 1. The Morgan fingerprint density at radius 3 is 2.69 bits per heavy atom. The van der Waals surface area contributed by atoms with E-state index in [0.717, 1.165) is 36.7 Å². The van der Waals surface area contributed by atoms with E-state index in [1.807, 2.05) is 24.3 Å². The van der Waals surface area contributed by atoms with Crippen LogP contribution in [0.1, 0.15) is 53.1 Å². The molecule has 3 aromatic rings. The van der Waals surface area contributed by atoms with Crippen molar-refractivity contribution in [3.05, 3.63) is 42.0 Å². The second kappa shape index (κ2) is 6.99. The van der Waals surface area contributed by atoms with E-state index in [4.69, 9.17) is 0 Å². The summed E-state index contributed by atoms with van der Waals surface area (Å²) >= 11 is 0. The lowest BCUT2D eigenvalue weighted by molar-refractivity contribution is 0.0912. The lowest BCUT2D eigenvalue weighted by atomic mass is 9.95. The van der Waals surface area contributed by atoms with Gasteiger partial charge in [0.2, 0.25) is 5.95 Å². The summed E-state index contributed by atoms with van der Waals surface area (Å²) in [5.41, 5.74) is 1.79. The highest BCUT2D eigenvalue weighted by Crippen LogP contribution is 2.18. The third kappa shape index (κ3) is 3.30. The molecule has 1 aliphatic carbocycles. The molecule has 0 spiro atoms. The van der Waals surface area contributed by atoms with Crippen LogP contribution in [0, 0.1) is 0 Å². The molecule has 2 aromatic heterocycles. The molecule has 134 valence electrons. The number of aromatic amines is 2. The van der Waals surface area contributed by atoms with E-state index in [0.29, 0.717) is 5.95 Å². The van der Waals surface area contributed by atoms with Crippen molar-refractivity contribution in [2.24, 2.45) is 0 Å². The standard InChI is InChI=1S/C18H20N6O2/c25-16(21-11-6-2-1-3-7-11)14-15(20-10-19-14)17(26)24-18-22-12-8-4-5-9-13(12)23-18/h4-5,8-11H,1-3,6-7H2,(H,19,20)(H,21,25)(H2,22,23,24,26). The molecule has 0 unspecified atom stereocenters. The highest BCUT2D eigenvalue weighted by Gasteiger charge is 2.24. The number of fused-ring (bicyclic) bond motifs is 1. The van der Waals surface area contributed by atoms with Crippen molar-refractivity contribution in [3.8, 4) is 0 Å². The van der Waals surface area contributed by atoms with Gasteiger partial charge in [0, 0.05) is 6.04 Å². The van der Waals surface area contributed by atoms with Crippen molar-refractivity contribution in [1.29, 1.82) is 0 Å². The van der Waals surface area contributed by atoms with Gasteiger partial charge < -0.3 is 15.3 Å². The molecule has 1 aliphatic rings. The number of imidazole rings is 2. The zero-order chi connectivity index (χ0) is 17.9. The number of H-pyrrole nitrogens is 2. The van der Waals surface area contributed by atoms with Crippen molar-refractivity contribution in [2.45, 2.75) is 38.1 Å². The number of rotatable bonds is 4. The van der Waals surface area contributed by atoms with Gasteiger partial charge in [-0.3, -0.25) is 14.9 Å². The second-order valence-electron chi connectivity index (χ2n) is 6.49. The first-order valence-electron chi connectivity index (χ1n) is 8.81. The highest BCUT2D eigenvalue weighted by atomic mass is 16.2. The van der Waals surface area contributed by atoms with Crippen LogP contribution in [0.25, 0.3) is 11.0 Å². The van der Waals surface area contributed by atoms with Crippen LogP contribution in [-0.2, 0) is 0 Å². The minimum absolute atomic E-state index is 0.0544. The fourth-order valence-corrected chi connectivity index (χ4v) is 3.32. The Labute approximate surface area is 149 Å². The monoisotopic (exact) mass is 352 g/mol. The summed E-state index contributed by atoms with van der Waals surface area (Å²) in [5.74, 6) is -0.471. The SMILES string of the molecule is O=C(Nc1nc2ccccc2[nH]1)c1nc[nH]c1C(=O)NC1CCCCC1. The molecule has 8 nitrogen and oxygen atoms in total. The van der Waals surface area contributed by atoms with Gasteiger partial charge in [0.15, 0.2) is 5.69 Å². The molecule has 8 heteroatoms. The Hall–Kier alpha value is -3.16. The van der Waals surface area contributed by atoms with Crippen LogP contribution in [-0.4, -0.2) is 37.8 Å². The summed E-state index contributed by atoms with van der Waals surface area (Å²) in [7, 11) is 0. The quantitative estimate of drug-likeness (QED) is 0.577. The van der Waals surface area contributed by atoms with Gasteiger partial charge in [-0.1, -0.05) is 31.4 Å². The Morgan fingerprint density at radius 2 is 1.88 bits per heavy atom. The molecule has 1 fully saturated rings. The normalized spacial score (nSPS) is 15.1. The summed E-state index contributed by atoms with van der Waals surface area (Å²) < 4.78 is 0. The molecule has 26 heavy (non-hydrogen) atoms. The third-order valence-electron chi connectivity index (χ3n) is 4.64. The average Bonchev–Trinajstić information content (AvgIpc) is 3.29. The summed E-state index contributed by atoms with van der Waals surface area (Å²) in [6.07, 6.45) is 6.74. The maximum atomic E-state index is 12.5. The predicted molar refractivity (Wildman–Crippen MR) is 97.0 cm³/mol.